The van der Waals surface area contributed by atoms with Gasteiger partial charge in [-0.05, 0) is 47.5 Å². The Hall–Kier alpha value is -3.17. The Morgan fingerprint density at radius 2 is 2.00 bits per heavy atom. The second-order valence-corrected chi connectivity index (χ2v) is 11.1. The van der Waals surface area contributed by atoms with Crippen LogP contribution in [0.25, 0.3) is 10.8 Å². The fourth-order valence-corrected chi connectivity index (χ4v) is 5.74. The number of para-hydroxylation sites is 1. The number of rotatable bonds is 6. The minimum atomic E-state index is -1.15. The first kappa shape index (κ1) is 27.4. The molecule has 2 amide bonds. The molecule has 0 bridgehead atoms. The maximum atomic E-state index is 15.4. The summed E-state index contributed by atoms with van der Waals surface area (Å²) in [5.41, 5.74) is -0.0824. The largest absolute Gasteiger partial charge is 0.496 e. The van der Waals surface area contributed by atoms with E-state index in [1.807, 2.05) is 44.2 Å². The minimum Gasteiger partial charge on any atom is -0.496 e. The van der Waals surface area contributed by atoms with E-state index >= 15 is 4.39 Å². The van der Waals surface area contributed by atoms with E-state index < -0.39 is 17.5 Å². The first-order valence-corrected chi connectivity index (χ1v) is 14.0. The van der Waals surface area contributed by atoms with Gasteiger partial charge in [-0.1, -0.05) is 48.0 Å². The van der Waals surface area contributed by atoms with Crippen LogP contribution in [0.3, 0.4) is 0 Å². The van der Waals surface area contributed by atoms with E-state index in [9.17, 15) is 9.59 Å². The summed E-state index contributed by atoms with van der Waals surface area (Å²) in [6.45, 7) is 4.49. The smallest absolute Gasteiger partial charge is 0.254 e. The van der Waals surface area contributed by atoms with Crippen LogP contribution in [0, 0.1) is 11.7 Å². The van der Waals surface area contributed by atoms with Crippen LogP contribution in [-0.4, -0.2) is 43.8 Å². The van der Waals surface area contributed by atoms with Crippen molar-refractivity contribution in [1.82, 2.24) is 5.32 Å². The third-order valence-corrected chi connectivity index (χ3v) is 8.35. The zero-order valence-electron chi connectivity index (χ0n) is 22.3. The predicted octanol–water partition coefficient (Wildman–Crippen LogP) is 5.76. The molecule has 1 N–H and O–H groups in total. The molecule has 2 atom stereocenters. The van der Waals surface area contributed by atoms with Gasteiger partial charge in [0.15, 0.2) is 11.6 Å². The number of benzene rings is 3. The van der Waals surface area contributed by atoms with Crippen molar-refractivity contribution in [2.75, 3.05) is 25.2 Å². The molecule has 9 heteroatoms. The lowest BCUT2D eigenvalue weighted by Crippen LogP contribution is -2.64. The third kappa shape index (κ3) is 5.10. The van der Waals surface area contributed by atoms with Crippen LogP contribution in [0.5, 0.6) is 11.5 Å². The number of carbonyl (C=O) groups excluding carboxylic acids is 2. The lowest BCUT2D eigenvalue weighted by Gasteiger charge is -2.41. The molecule has 0 unspecified atom stereocenters. The summed E-state index contributed by atoms with van der Waals surface area (Å²) >= 11 is 3.52. The molecule has 3 aromatic rings. The zero-order valence-corrected chi connectivity index (χ0v) is 23.8. The van der Waals surface area contributed by atoms with E-state index in [1.165, 1.54) is 11.0 Å². The Balaban J connectivity index is 1.67. The standard InChI is InChI=1S/C30H32BrFN2O5/c1-4-18(2)28(35)33-27-29(36)34(17-22-21-10-9-20(31)16-19(21)8-11-25(22)37-3)24-7-5-6-23(32)26(24)39-30(27)12-14-38-15-13-30/h5-11,16,18,27H,4,12-15,17H2,1-3H3,(H,33,35)/t18-,27+/m1/s1. The summed E-state index contributed by atoms with van der Waals surface area (Å²) < 4.78 is 34.1. The molecule has 1 fully saturated rings. The van der Waals surface area contributed by atoms with Crippen molar-refractivity contribution in [3.8, 4) is 11.5 Å². The summed E-state index contributed by atoms with van der Waals surface area (Å²) in [7, 11) is 1.58. The summed E-state index contributed by atoms with van der Waals surface area (Å²) in [5.74, 6) is -0.893. The Morgan fingerprint density at radius 1 is 1.23 bits per heavy atom. The summed E-state index contributed by atoms with van der Waals surface area (Å²) in [6.07, 6.45) is 1.28. The number of methoxy groups -OCH3 is 1. The maximum absolute atomic E-state index is 15.4. The van der Waals surface area contributed by atoms with Gasteiger partial charge in [0, 0.05) is 28.8 Å². The van der Waals surface area contributed by atoms with Gasteiger partial charge in [-0.2, -0.15) is 0 Å². The molecule has 0 radical (unpaired) electrons. The van der Waals surface area contributed by atoms with Crippen molar-refractivity contribution < 1.29 is 28.2 Å². The molecule has 1 spiro atoms. The molecular weight excluding hydrogens is 567 g/mol. The van der Waals surface area contributed by atoms with E-state index in [2.05, 4.69) is 21.2 Å². The van der Waals surface area contributed by atoms with Crippen molar-refractivity contribution in [1.29, 1.82) is 0 Å². The van der Waals surface area contributed by atoms with Gasteiger partial charge in [-0.25, -0.2) is 4.39 Å². The molecule has 1 saturated heterocycles. The Morgan fingerprint density at radius 3 is 2.72 bits per heavy atom. The van der Waals surface area contributed by atoms with E-state index in [-0.39, 0.29) is 30.0 Å². The molecule has 2 aliphatic heterocycles. The number of ether oxygens (including phenoxy) is 3. The monoisotopic (exact) mass is 598 g/mol. The van der Waals surface area contributed by atoms with Crippen molar-refractivity contribution in [3.05, 3.63) is 64.4 Å². The van der Waals surface area contributed by atoms with Gasteiger partial charge >= 0.3 is 0 Å². The summed E-state index contributed by atoms with van der Waals surface area (Å²) in [5, 5.41) is 4.85. The molecule has 5 rings (SSSR count). The Bertz CT molecular complexity index is 1410. The molecular formula is C30H32BrFN2O5. The lowest BCUT2D eigenvalue weighted by atomic mass is 9.84. The second kappa shape index (κ2) is 11.1. The number of carbonyl (C=O) groups is 2. The molecule has 0 saturated carbocycles. The number of hydrogen-bond donors (Lipinski definition) is 1. The van der Waals surface area contributed by atoms with Crippen LogP contribution in [-0.2, 0) is 20.9 Å². The molecule has 7 nitrogen and oxygen atoms in total. The van der Waals surface area contributed by atoms with Crippen LogP contribution < -0.4 is 19.7 Å². The van der Waals surface area contributed by atoms with Crippen LogP contribution in [0.15, 0.2) is 53.0 Å². The highest BCUT2D eigenvalue weighted by atomic mass is 79.9. The van der Waals surface area contributed by atoms with Gasteiger partial charge in [0.1, 0.15) is 17.4 Å². The van der Waals surface area contributed by atoms with Crippen LogP contribution in [0.2, 0.25) is 0 Å². The van der Waals surface area contributed by atoms with Crippen LogP contribution in [0.1, 0.15) is 38.7 Å². The van der Waals surface area contributed by atoms with Gasteiger partial charge in [-0.3, -0.25) is 9.59 Å². The molecule has 2 heterocycles. The van der Waals surface area contributed by atoms with Crippen molar-refractivity contribution >= 4 is 44.2 Å². The fraction of sp³-hybridized carbons (Fsp3) is 0.400. The average molecular weight is 599 g/mol. The van der Waals surface area contributed by atoms with Crippen molar-refractivity contribution in [3.63, 3.8) is 0 Å². The predicted molar refractivity (Wildman–Crippen MR) is 151 cm³/mol. The average Bonchev–Trinajstić information content (AvgIpc) is 3.03. The number of nitrogens with one attached hydrogen (secondary N) is 1. The molecule has 3 aromatic carbocycles. The molecule has 0 aromatic heterocycles. The van der Waals surface area contributed by atoms with Gasteiger partial charge in [0.2, 0.25) is 5.91 Å². The summed E-state index contributed by atoms with van der Waals surface area (Å²) in [4.78, 5) is 29.2. The van der Waals surface area contributed by atoms with E-state index in [0.717, 1.165) is 20.8 Å². The van der Waals surface area contributed by atoms with Crippen molar-refractivity contribution in [2.24, 2.45) is 5.92 Å². The molecule has 2 aliphatic rings. The lowest BCUT2D eigenvalue weighted by molar-refractivity contribution is -0.139. The van der Waals surface area contributed by atoms with Crippen LogP contribution >= 0.6 is 15.9 Å². The SMILES string of the molecule is CC[C@@H](C)C(=O)N[C@H]1C(=O)N(Cc2c(OC)ccc3cc(Br)ccc23)c2cccc(F)c2OC12CCOCC2. The first-order valence-electron chi connectivity index (χ1n) is 13.2. The first-order chi connectivity index (χ1) is 18.8. The highest BCUT2D eigenvalue weighted by molar-refractivity contribution is 9.10. The fourth-order valence-electron chi connectivity index (χ4n) is 5.36. The highest BCUT2D eigenvalue weighted by Crippen LogP contribution is 2.44. The minimum absolute atomic E-state index is 0.00464. The van der Waals surface area contributed by atoms with Gasteiger partial charge in [0.25, 0.3) is 5.91 Å². The Kier molecular flexibility index (Phi) is 7.82. The third-order valence-electron chi connectivity index (χ3n) is 7.85. The number of nitrogens with zero attached hydrogens (tertiary/aromatic N) is 1. The van der Waals surface area contributed by atoms with Gasteiger partial charge < -0.3 is 24.4 Å². The molecule has 206 valence electrons. The normalized spacial score (nSPS) is 19.3. The van der Waals surface area contributed by atoms with Crippen molar-refractivity contribution in [2.45, 2.75) is 51.3 Å². The quantitative estimate of drug-likeness (QED) is 0.390. The summed E-state index contributed by atoms with van der Waals surface area (Å²) in [6, 6.07) is 13.2. The Labute approximate surface area is 235 Å². The van der Waals surface area contributed by atoms with Gasteiger partial charge in [-0.15, -0.1) is 0 Å². The number of amides is 2. The molecule has 39 heavy (non-hydrogen) atoms. The maximum Gasteiger partial charge on any atom is 0.254 e. The molecule has 0 aliphatic carbocycles. The highest BCUT2D eigenvalue weighted by Gasteiger charge is 2.52. The van der Waals surface area contributed by atoms with Crippen LogP contribution in [0.4, 0.5) is 10.1 Å². The zero-order chi connectivity index (χ0) is 27.7. The number of hydrogen-bond acceptors (Lipinski definition) is 5. The number of halogens is 2. The second-order valence-electron chi connectivity index (χ2n) is 10.2. The van der Waals surface area contributed by atoms with Gasteiger partial charge in [0.05, 0.1) is 32.6 Å². The van der Waals surface area contributed by atoms with E-state index in [0.29, 0.717) is 43.9 Å². The number of anilines is 1. The topological polar surface area (TPSA) is 77.1 Å². The number of fused-ring (bicyclic) bond motifs is 2. The van der Waals surface area contributed by atoms with E-state index in [4.69, 9.17) is 14.2 Å². The van der Waals surface area contributed by atoms with E-state index in [1.54, 1.807) is 19.2 Å².